The summed E-state index contributed by atoms with van der Waals surface area (Å²) in [5.41, 5.74) is 9.36. The van der Waals surface area contributed by atoms with Crippen LogP contribution < -0.4 is 4.90 Å². The molecule has 0 aliphatic rings. The van der Waals surface area contributed by atoms with Gasteiger partial charge in [0.1, 0.15) is 0 Å². The first-order valence-electron chi connectivity index (χ1n) is 15.3. The van der Waals surface area contributed by atoms with Crippen LogP contribution in [0.5, 0.6) is 0 Å². The number of anilines is 3. The molecule has 0 saturated heterocycles. The van der Waals surface area contributed by atoms with Gasteiger partial charge in [0, 0.05) is 53.6 Å². The van der Waals surface area contributed by atoms with Gasteiger partial charge in [0.25, 0.3) is 0 Å². The summed E-state index contributed by atoms with van der Waals surface area (Å²) in [5, 5.41) is 5.16. The maximum Gasteiger partial charge on any atom is 0.0541 e. The van der Waals surface area contributed by atoms with Gasteiger partial charge in [0.05, 0.1) is 16.7 Å². The third-order valence-corrected chi connectivity index (χ3v) is 9.91. The number of hydrogen-bond acceptors (Lipinski definition) is 2. The van der Waals surface area contributed by atoms with Gasteiger partial charge >= 0.3 is 0 Å². The molecule has 0 aliphatic heterocycles. The Morgan fingerprint density at radius 2 is 1.00 bits per heavy atom. The summed E-state index contributed by atoms with van der Waals surface area (Å²) in [4.78, 5) is 2.37. The lowest BCUT2D eigenvalue weighted by molar-refractivity contribution is 1.18. The van der Waals surface area contributed by atoms with E-state index < -0.39 is 0 Å². The van der Waals surface area contributed by atoms with Crippen LogP contribution in [0, 0.1) is 0 Å². The first-order chi connectivity index (χ1) is 22.3. The van der Waals surface area contributed by atoms with Crippen molar-refractivity contribution < 1.29 is 0 Å². The van der Waals surface area contributed by atoms with E-state index in [4.69, 9.17) is 0 Å². The van der Waals surface area contributed by atoms with Gasteiger partial charge in [0.15, 0.2) is 0 Å². The second-order valence-electron chi connectivity index (χ2n) is 11.4. The largest absolute Gasteiger partial charge is 0.310 e. The molecule has 45 heavy (non-hydrogen) atoms. The molecular weight excluding hydrogens is 565 g/mol. The van der Waals surface area contributed by atoms with Gasteiger partial charge in [-0.05, 0) is 66.2 Å². The minimum atomic E-state index is 1.12. The van der Waals surface area contributed by atoms with Gasteiger partial charge in [-0.2, -0.15) is 0 Å². The third-order valence-electron chi connectivity index (χ3n) is 8.78. The van der Waals surface area contributed by atoms with Gasteiger partial charge in [0.2, 0.25) is 0 Å². The molecule has 0 unspecified atom stereocenters. The summed E-state index contributed by atoms with van der Waals surface area (Å²) in [7, 11) is 0. The van der Waals surface area contributed by atoms with Crippen LogP contribution in [-0.2, 0) is 0 Å². The van der Waals surface area contributed by atoms with E-state index in [9.17, 15) is 0 Å². The minimum Gasteiger partial charge on any atom is -0.310 e. The Morgan fingerprint density at radius 3 is 1.80 bits per heavy atom. The second kappa shape index (κ2) is 10.5. The normalized spacial score (nSPS) is 11.6. The number of benzene rings is 7. The van der Waals surface area contributed by atoms with Crippen molar-refractivity contribution in [3.05, 3.63) is 170 Å². The van der Waals surface area contributed by atoms with E-state index in [1.54, 1.807) is 0 Å². The zero-order chi connectivity index (χ0) is 29.7. The van der Waals surface area contributed by atoms with Gasteiger partial charge in [-0.15, -0.1) is 11.3 Å². The van der Waals surface area contributed by atoms with E-state index in [0.717, 1.165) is 17.1 Å². The van der Waals surface area contributed by atoms with Crippen molar-refractivity contribution in [3.63, 3.8) is 0 Å². The van der Waals surface area contributed by atoms with Gasteiger partial charge in [-0.3, -0.25) is 0 Å². The molecule has 0 spiro atoms. The number of rotatable bonds is 5. The Morgan fingerprint density at radius 1 is 0.400 bits per heavy atom. The fourth-order valence-corrected chi connectivity index (χ4v) is 7.92. The molecule has 9 aromatic rings. The van der Waals surface area contributed by atoms with Crippen LogP contribution in [0.2, 0.25) is 0 Å². The molecule has 2 heterocycles. The standard InChI is InChI=1S/C42H28N2S/c1-2-14-30(15-3-1)43(32-25-26-37-36-20-7-11-24-41(36)45-42(37)28-32)31-16-12-13-29(27-31)33-17-4-8-21-38(33)44-39-22-9-5-18-34(39)35-19-6-10-23-40(35)44/h1-28H. The molecular formula is C42H28N2S. The highest BCUT2D eigenvalue weighted by molar-refractivity contribution is 7.25. The van der Waals surface area contributed by atoms with Crippen molar-refractivity contribution in [3.8, 4) is 16.8 Å². The zero-order valence-electron chi connectivity index (χ0n) is 24.5. The highest BCUT2D eigenvalue weighted by Crippen LogP contribution is 2.42. The van der Waals surface area contributed by atoms with Crippen molar-refractivity contribution in [1.29, 1.82) is 0 Å². The van der Waals surface area contributed by atoms with Gasteiger partial charge < -0.3 is 9.47 Å². The summed E-state index contributed by atoms with van der Waals surface area (Å²) < 4.78 is 5.03. The van der Waals surface area contributed by atoms with Crippen molar-refractivity contribution >= 4 is 70.4 Å². The average Bonchev–Trinajstić information content (AvgIpc) is 3.64. The van der Waals surface area contributed by atoms with Crippen molar-refractivity contribution in [2.24, 2.45) is 0 Å². The maximum absolute atomic E-state index is 2.41. The fourth-order valence-electron chi connectivity index (χ4n) is 6.79. The van der Waals surface area contributed by atoms with Crippen molar-refractivity contribution in [2.75, 3.05) is 4.90 Å². The molecule has 0 bridgehead atoms. The molecule has 0 N–H and O–H groups in total. The Kier molecular flexibility index (Phi) is 6.03. The Balaban J connectivity index is 1.23. The van der Waals surface area contributed by atoms with E-state index in [0.29, 0.717) is 0 Å². The molecule has 3 heteroatoms. The molecule has 7 aromatic carbocycles. The van der Waals surface area contributed by atoms with Crippen LogP contribution in [0.15, 0.2) is 170 Å². The highest BCUT2D eigenvalue weighted by Gasteiger charge is 2.18. The van der Waals surface area contributed by atoms with E-state index in [-0.39, 0.29) is 0 Å². The molecule has 0 aliphatic carbocycles. The Bertz CT molecular complexity index is 2450. The summed E-state index contributed by atoms with van der Waals surface area (Å²) >= 11 is 1.86. The van der Waals surface area contributed by atoms with Crippen molar-refractivity contribution in [1.82, 2.24) is 4.57 Å². The van der Waals surface area contributed by atoms with Crippen LogP contribution in [-0.4, -0.2) is 4.57 Å². The number of nitrogens with zero attached hydrogens (tertiary/aromatic N) is 2. The summed E-state index contributed by atoms with van der Waals surface area (Å²) in [6, 6.07) is 61.4. The Labute approximate surface area is 265 Å². The number of hydrogen-bond donors (Lipinski definition) is 0. The van der Waals surface area contributed by atoms with E-state index >= 15 is 0 Å². The van der Waals surface area contributed by atoms with E-state index in [1.165, 1.54) is 58.8 Å². The average molecular weight is 593 g/mol. The summed E-state index contributed by atoms with van der Waals surface area (Å²) in [6.45, 7) is 0. The lowest BCUT2D eigenvalue weighted by atomic mass is 10.0. The van der Waals surface area contributed by atoms with E-state index in [1.807, 2.05) is 11.3 Å². The quantitative estimate of drug-likeness (QED) is 0.193. The highest BCUT2D eigenvalue weighted by atomic mass is 32.1. The lowest BCUT2D eigenvalue weighted by Gasteiger charge is -2.26. The summed E-state index contributed by atoms with van der Waals surface area (Å²) in [6.07, 6.45) is 0. The van der Waals surface area contributed by atoms with Gasteiger partial charge in [-0.1, -0.05) is 109 Å². The molecule has 2 nitrogen and oxygen atoms in total. The number of para-hydroxylation sites is 4. The van der Waals surface area contributed by atoms with Crippen LogP contribution in [0.25, 0.3) is 58.8 Å². The van der Waals surface area contributed by atoms with Crippen LogP contribution in [0.1, 0.15) is 0 Å². The monoisotopic (exact) mass is 592 g/mol. The SMILES string of the molecule is c1ccc(N(c2cccc(-c3ccccc3-n3c4ccccc4c4ccccc43)c2)c2ccc3c(c2)sc2ccccc23)cc1. The fraction of sp³-hybridized carbons (Fsp3) is 0. The molecule has 212 valence electrons. The third kappa shape index (κ3) is 4.24. The van der Waals surface area contributed by atoms with Gasteiger partial charge in [-0.25, -0.2) is 0 Å². The predicted molar refractivity (Wildman–Crippen MR) is 194 cm³/mol. The number of fused-ring (bicyclic) bond motifs is 6. The Hall–Kier alpha value is -5.64. The van der Waals surface area contributed by atoms with Crippen molar-refractivity contribution in [2.45, 2.75) is 0 Å². The molecule has 0 fully saturated rings. The zero-order valence-corrected chi connectivity index (χ0v) is 25.3. The minimum absolute atomic E-state index is 1.12. The van der Waals surface area contributed by atoms with Crippen LogP contribution >= 0.6 is 11.3 Å². The smallest absolute Gasteiger partial charge is 0.0541 e. The van der Waals surface area contributed by atoms with Crippen LogP contribution in [0.4, 0.5) is 17.1 Å². The molecule has 9 rings (SSSR count). The number of aromatic nitrogens is 1. The first kappa shape index (κ1) is 25.8. The number of thiophene rings is 1. The molecule has 0 radical (unpaired) electrons. The predicted octanol–water partition coefficient (Wildman–Crippen LogP) is 12.3. The topological polar surface area (TPSA) is 8.17 Å². The molecule has 0 amide bonds. The van der Waals surface area contributed by atoms with E-state index in [2.05, 4.69) is 179 Å². The molecule has 0 saturated carbocycles. The molecule has 2 aromatic heterocycles. The first-order valence-corrected chi connectivity index (χ1v) is 16.1. The second-order valence-corrected chi connectivity index (χ2v) is 12.5. The molecule has 0 atom stereocenters. The summed E-state index contributed by atoms with van der Waals surface area (Å²) in [5.74, 6) is 0. The lowest BCUT2D eigenvalue weighted by Crippen LogP contribution is -2.09. The maximum atomic E-state index is 2.41. The van der Waals surface area contributed by atoms with Crippen LogP contribution in [0.3, 0.4) is 0 Å².